The summed E-state index contributed by atoms with van der Waals surface area (Å²) in [4.78, 5) is 34.6. The molecule has 7 nitrogen and oxygen atoms in total. The van der Waals surface area contributed by atoms with Crippen LogP contribution in [0.15, 0.2) is 66.0 Å². The van der Waals surface area contributed by atoms with Gasteiger partial charge in [0.05, 0.1) is 23.2 Å². The van der Waals surface area contributed by atoms with Crippen molar-refractivity contribution in [3.63, 3.8) is 0 Å². The molecule has 36 heavy (non-hydrogen) atoms. The van der Waals surface area contributed by atoms with Crippen molar-refractivity contribution in [2.75, 3.05) is 30.9 Å². The summed E-state index contributed by atoms with van der Waals surface area (Å²) in [6, 6.07) is 16.7. The molecule has 2 aromatic carbocycles. The Labute approximate surface area is 210 Å². The Bertz CT molecular complexity index is 1610. The van der Waals surface area contributed by atoms with E-state index in [1.807, 2.05) is 43.3 Å². The van der Waals surface area contributed by atoms with Crippen LogP contribution >= 0.6 is 0 Å². The number of nitrogens with zero attached hydrogens (tertiary/aromatic N) is 4. The highest BCUT2D eigenvalue weighted by atomic mass is 16.2. The molecule has 2 aromatic heterocycles. The Morgan fingerprint density at radius 2 is 1.89 bits per heavy atom. The van der Waals surface area contributed by atoms with Crippen molar-refractivity contribution in [3.05, 3.63) is 77.1 Å². The Morgan fingerprint density at radius 1 is 1.11 bits per heavy atom. The van der Waals surface area contributed by atoms with E-state index in [0.29, 0.717) is 5.57 Å². The first-order valence-electron chi connectivity index (χ1n) is 12.3. The van der Waals surface area contributed by atoms with Crippen LogP contribution in [0, 0.1) is 0 Å². The van der Waals surface area contributed by atoms with Gasteiger partial charge < -0.3 is 14.8 Å². The lowest BCUT2D eigenvalue weighted by Gasteiger charge is -2.25. The van der Waals surface area contributed by atoms with E-state index in [-0.39, 0.29) is 30.3 Å². The van der Waals surface area contributed by atoms with E-state index >= 15 is 0 Å². The SMILES string of the molecule is CC(=O)N1CC2=C(C1=O)[C@H](c1cc3ccccc3nc1N(C)C)c1cn(C(C)C)c3cccc(c13)N2. The highest BCUT2D eigenvalue weighted by Gasteiger charge is 2.42. The topological polar surface area (TPSA) is 70.5 Å². The van der Waals surface area contributed by atoms with Crippen LogP contribution < -0.4 is 10.2 Å². The molecule has 0 unspecified atom stereocenters. The molecule has 7 heteroatoms. The maximum absolute atomic E-state index is 13.8. The first kappa shape index (κ1) is 22.3. The van der Waals surface area contributed by atoms with Crippen molar-refractivity contribution in [1.29, 1.82) is 0 Å². The predicted molar refractivity (Wildman–Crippen MR) is 143 cm³/mol. The number of fused-ring (bicyclic) bond motifs is 1. The molecule has 0 aliphatic carbocycles. The van der Waals surface area contributed by atoms with Crippen LogP contribution in [-0.2, 0) is 9.59 Å². The lowest BCUT2D eigenvalue weighted by Crippen LogP contribution is -2.33. The van der Waals surface area contributed by atoms with Gasteiger partial charge in [-0.3, -0.25) is 14.5 Å². The third-order valence-electron chi connectivity index (χ3n) is 7.29. The van der Waals surface area contributed by atoms with Crippen LogP contribution in [0.5, 0.6) is 0 Å². The monoisotopic (exact) mass is 479 g/mol. The number of aromatic nitrogens is 2. The van der Waals surface area contributed by atoms with Gasteiger partial charge in [0.1, 0.15) is 5.82 Å². The predicted octanol–water partition coefficient (Wildman–Crippen LogP) is 5.04. The molecule has 4 heterocycles. The van der Waals surface area contributed by atoms with Crippen LogP contribution in [0.4, 0.5) is 11.5 Å². The van der Waals surface area contributed by atoms with Crippen LogP contribution in [-0.4, -0.2) is 46.9 Å². The molecule has 0 fully saturated rings. The van der Waals surface area contributed by atoms with Gasteiger partial charge >= 0.3 is 0 Å². The number of benzene rings is 2. The number of hydrogen-bond acceptors (Lipinski definition) is 5. The van der Waals surface area contributed by atoms with Crippen molar-refractivity contribution >= 4 is 45.1 Å². The third kappa shape index (κ3) is 3.15. The number of amides is 2. The van der Waals surface area contributed by atoms with E-state index in [1.165, 1.54) is 11.8 Å². The minimum atomic E-state index is -0.384. The summed E-state index contributed by atoms with van der Waals surface area (Å²) in [5, 5.41) is 5.67. The van der Waals surface area contributed by atoms with Gasteiger partial charge in [-0.05, 0) is 43.7 Å². The smallest absolute Gasteiger partial charge is 0.259 e. The number of carbonyl (C=O) groups is 2. The fourth-order valence-corrected chi connectivity index (χ4v) is 5.68. The van der Waals surface area contributed by atoms with Gasteiger partial charge in [-0.2, -0.15) is 0 Å². The zero-order chi connectivity index (χ0) is 25.3. The molecule has 2 aliphatic rings. The number of para-hydroxylation sites is 1. The number of rotatable bonds is 3. The minimum absolute atomic E-state index is 0.237. The fourth-order valence-electron chi connectivity index (χ4n) is 5.68. The standard InChI is InChI=1S/C29H29N5O2/c1-16(2)33-14-20-25(19-13-18-9-6-7-10-21(18)31-28(19)32(4)5)27-23(15-34(17(3)35)29(27)36)30-22-11-8-12-24(33)26(20)22/h6-14,16,25,30H,15H2,1-5H3/t25-/m1/s1. The van der Waals surface area contributed by atoms with Crippen molar-refractivity contribution in [2.45, 2.75) is 32.7 Å². The van der Waals surface area contributed by atoms with Gasteiger partial charge in [0.2, 0.25) is 5.91 Å². The van der Waals surface area contributed by atoms with Crippen LogP contribution in [0.1, 0.15) is 43.9 Å². The molecular weight excluding hydrogens is 450 g/mol. The Hall–Kier alpha value is -4.13. The Balaban J connectivity index is 1.72. The van der Waals surface area contributed by atoms with Crippen molar-refractivity contribution in [3.8, 4) is 0 Å². The number of imide groups is 1. The molecule has 1 atom stereocenters. The number of anilines is 2. The zero-order valence-electron chi connectivity index (χ0n) is 21.2. The van der Waals surface area contributed by atoms with E-state index in [4.69, 9.17) is 4.98 Å². The van der Waals surface area contributed by atoms with Crippen molar-refractivity contribution in [2.24, 2.45) is 0 Å². The quantitative estimate of drug-likeness (QED) is 0.446. The summed E-state index contributed by atoms with van der Waals surface area (Å²) in [5.41, 5.74) is 6.36. The second-order valence-corrected chi connectivity index (χ2v) is 10.1. The average Bonchev–Trinajstić information content (AvgIpc) is 3.34. The van der Waals surface area contributed by atoms with Crippen LogP contribution in [0.3, 0.4) is 0 Å². The van der Waals surface area contributed by atoms with Gasteiger partial charge in [-0.1, -0.05) is 24.3 Å². The van der Waals surface area contributed by atoms with Crippen molar-refractivity contribution < 1.29 is 9.59 Å². The highest BCUT2D eigenvalue weighted by molar-refractivity contribution is 6.11. The van der Waals surface area contributed by atoms with Crippen molar-refractivity contribution in [1.82, 2.24) is 14.5 Å². The number of carbonyl (C=O) groups excluding carboxylic acids is 2. The van der Waals surface area contributed by atoms with Gasteiger partial charge in [0.25, 0.3) is 5.91 Å². The van der Waals surface area contributed by atoms with Crippen LogP contribution in [0.25, 0.3) is 21.8 Å². The summed E-state index contributed by atoms with van der Waals surface area (Å²) in [6.45, 7) is 6.01. The second kappa shape index (κ2) is 7.95. The average molecular weight is 480 g/mol. The molecular formula is C29H29N5O2. The molecule has 1 N–H and O–H groups in total. The lowest BCUT2D eigenvalue weighted by atomic mass is 9.84. The summed E-state index contributed by atoms with van der Waals surface area (Å²) in [5.74, 6) is -0.0724. The molecule has 4 aromatic rings. The molecule has 0 spiro atoms. The Morgan fingerprint density at radius 3 is 2.61 bits per heavy atom. The zero-order valence-corrected chi connectivity index (χ0v) is 21.2. The largest absolute Gasteiger partial charge is 0.362 e. The van der Waals surface area contributed by atoms with E-state index in [1.54, 1.807) is 0 Å². The summed E-state index contributed by atoms with van der Waals surface area (Å²) in [7, 11) is 3.96. The van der Waals surface area contributed by atoms with E-state index < -0.39 is 0 Å². The normalized spacial score (nSPS) is 17.1. The van der Waals surface area contributed by atoms with Gasteiger partial charge in [0, 0.05) is 66.9 Å². The summed E-state index contributed by atoms with van der Waals surface area (Å²) in [6.07, 6.45) is 2.18. The van der Waals surface area contributed by atoms with E-state index in [0.717, 1.165) is 50.1 Å². The number of nitrogens with one attached hydrogen (secondary N) is 1. The maximum atomic E-state index is 13.8. The highest BCUT2D eigenvalue weighted by Crippen LogP contribution is 2.48. The van der Waals surface area contributed by atoms with Crippen LogP contribution in [0.2, 0.25) is 0 Å². The van der Waals surface area contributed by atoms with Gasteiger partial charge in [-0.25, -0.2) is 4.98 Å². The molecule has 6 rings (SSSR count). The van der Waals surface area contributed by atoms with Gasteiger partial charge in [-0.15, -0.1) is 0 Å². The second-order valence-electron chi connectivity index (χ2n) is 10.1. The minimum Gasteiger partial charge on any atom is -0.362 e. The first-order chi connectivity index (χ1) is 17.3. The third-order valence-corrected chi connectivity index (χ3v) is 7.29. The molecule has 0 saturated heterocycles. The molecule has 2 aliphatic heterocycles. The lowest BCUT2D eigenvalue weighted by molar-refractivity contribution is -0.139. The molecule has 0 radical (unpaired) electrons. The number of pyridine rings is 1. The maximum Gasteiger partial charge on any atom is 0.259 e. The molecule has 182 valence electrons. The van der Waals surface area contributed by atoms with E-state index in [9.17, 15) is 9.59 Å². The Kier molecular flexibility index (Phi) is 4.93. The van der Waals surface area contributed by atoms with E-state index in [2.05, 4.69) is 54.2 Å². The summed E-state index contributed by atoms with van der Waals surface area (Å²) < 4.78 is 2.26. The molecule has 2 amide bonds. The molecule has 0 bridgehead atoms. The number of hydrogen-bond donors (Lipinski definition) is 1. The van der Waals surface area contributed by atoms with Gasteiger partial charge in [0.15, 0.2) is 0 Å². The fraction of sp³-hybridized carbons (Fsp3) is 0.276. The molecule has 0 saturated carbocycles. The summed E-state index contributed by atoms with van der Waals surface area (Å²) >= 11 is 0. The first-order valence-corrected chi connectivity index (χ1v) is 12.3.